The summed E-state index contributed by atoms with van der Waals surface area (Å²) in [6.45, 7) is 13.1. The molecule has 62 heavy (non-hydrogen) atoms. The lowest BCUT2D eigenvalue weighted by molar-refractivity contribution is 0.628. The number of benzene rings is 8. The molecule has 300 valence electrons. The van der Waals surface area contributed by atoms with E-state index >= 15 is 4.39 Å². The monoisotopic (exact) mass is 804 g/mol. The third kappa shape index (κ3) is 6.95. The van der Waals surface area contributed by atoms with Gasteiger partial charge in [0, 0.05) is 33.2 Å². The zero-order valence-corrected chi connectivity index (χ0v) is 35.8. The van der Waals surface area contributed by atoms with Gasteiger partial charge in [0.25, 0.3) is 0 Å². The van der Waals surface area contributed by atoms with Crippen LogP contribution in [0.25, 0.3) is 95.0 Å². The molecule has 0 radical (unpaired) electrons. The Morgan fingerprint density at radius 2 is 0.839 bits per heavy atom. The molecule has 4 nitrogen and oxygen atoms in total. The van der Waals surface area contributed by atoms with E-state index in [0.29, 0.717) is 17.5 Å². The van der Waals surface area contributed by atoms with E-state index in [9.17, 15) is 0 Å². The lowest BCUT2D eigenvalue weighted by atomic mass is 9.92. The Bertz CT molecular complexity index is 3150. The van der Waals surface area contributed by atoms with E-state index in [2.05, 4.69) is 125 Å². The van der Waals surface area contributed by atoms with E-state index < -0.39 is 0 Å². The normalized spacial score (nSPS) is 11.5. The van der Waals surface area contributed by atoms with Gasteiger partial charge in [0.2, 0.25) is 0 Å². The Balaban J connectivity index is 1.26. The summed E-state index contributed by atoms with van der Waals surface area (Å²) in [6, 6.07) is 55.9. The molecular formula is C57H45FN4. The predicted molar refractivity (Wildman–Crippen MR) is 255 cm³/mol. The van der Waals surface area contributed by atoms with Gasteiger partial charge in [-0.25, -0.2) is 19.3 Å². The summed E-state index contributed by atoms with van der Waals surface area (Å²) in [5.74, 6) is 1.32. The van der Waals surface area contributed by atoms with Crippen molar-refractivity contribution in [2.24, 2.45) is 0 Å². The number of aryl methyl sites for hydroxylation is 6. The quantitative estimate of drug-likeness (QED) is 0.161. The van der Waals surface area contributed by atoms with Gasteiger partial charge >= 0.3 is 0 Å². The maximum atomic E-state index is 15.3. The SMILES string of the molecule is Cc1cc(C)c(-c2ccc3c4ccc(-c5c(C)cc(C)cc5C)cc4n(-c4ccc(-c5nc(-c6ccccc6)nc(-c6ccccc6)n5)c(-c5cccc(F)c5)c4)c3c2)c(C)c1. The molecule has 0 atom stereocenters. The molecule has 10 rings (SSSR count). The first kappa shape index (κ1) is 38.7. The van der Waals surface area contributed by atoms with Crippen molar-refractivity contribution in [3.8, 4) is 73.2 Å². The van der Waals surface area contributed by atoms with Crippen LogP contribution in [-0.4, -0.2) is 19.5 Å². The van der Waals surface area contributed by atoms with Crippen molar-refractivity contribution in [3.63, 3.8) is 0 Å². The van der Waals surface area contributed by atoms with Crippen LogP contribution in [0, 0.1) is 47.4 Å². The fourth-order valence-electron chi connectivity index (χ4n) is 9.57. The summed E-state index contributed by atoms with van der Waals surface area (Å²) >= 11 is 0. The Morgan fingerprint density at radius 3 is 1.32 bits per heavy atom. The second-order valence-corrected chi connectivity index (χ2v) is 16.6. The van der Waals surface area contributed by atoms with Gasteiger partial charge in [-0.05, 0) is 140 Å². The second kappa shape index (κ2) is 15.5. The molecule has 10 aromatic rings. The van der Waals surface area contributed by atoms with Gasteiger partial charge in [-0.15, -0.1) is 0 Å². The van der Waals surface area contributed by atoms with Crippen LogP contribution in [0.1, 0.15) is 33.4 Å². The van der Waals surface area contributed by atoms with Crippen LogP contribution >= 0.6 is 0 Å². The number of rotatable bonds is 7. The fraction of sp³-hybridized carbons (Fsp3) is 0.105. The molecule has 0 aliphatic heterocycles. The number of hydrogen-bond acceptors (Lipinski definition) is 3. The van der Waals surface area contributed by atoms with Gasteiger partial charge in [-0.1, -0.05) is 132 Å². The van der Waals surface area contributed by atoms with Gasteiger partial charge < -0.3 is 4.57 Å². The van der Waals surface area contributed by atoms with Crippen LogP contribution in [0.4, 0.5) is 4.39 Å². The van der Waals surface area contributed by atoms with Crippen LogP contribution in [0.3, 0.4) is 0 Å². The largest absolute Gasteiger partial charge is 0.309 e. The number of aromatic nitrogens is 4. The highest BCUT2D eigenvalue weighted by molar-refractivity contribution is 6.11. The molecule has 0 aliphatic rings. The van der Waals surface area contributed by atoms with Gasteiger partial charge in [0.05, 0.1) is 11.0 Å². The Morgan fingerprint density at radius 1 is 0.371 bits per heavy atom. The third-order valence-electron chi connectivity index (χ3n) is 12.0. The lowest BCUT2D eigenvalue weighted by Crippen LogP contribution is -2.02. The lowest BCUT2D eigenvalue weighted by Gasteiger charge is -2.17. The minimum Gasteiger partial charge on any atom is -0.309 e. The van der Waals surface area contributed by atoms with Crippen LogP contribution in [-0.2, 0) is 0 Å². The van der Waals surface area contributed by atoms with Crippen molar-refractivity contribution in [1.82, 2.24) is 19.5 Å². The number of halogens is 1. The summed E-state index contributed by atoms with van der Waals surface area (Å²) in [4.78, 5) is 15.2. The van der Waals surface area contributed by atoms with Crippen molar-refractivity contribution in [1.29, 1.82) is 0 Å². The summed E-state index contributed by atoms with van der Waals surface area (Å²) in [5.41, 5.74) is 19.5. The topological polar surface area (TPSA) is 43.6 Å². The molecule has 5 heteroatoms. The zero-order valence-electron chi connectivity index (χ0n) is 35.8. The van der Waals surface area contributed by atoms with Crippen molar-refractivity contribution >= 4 is 21.8 Å². The minimum atomic E-state index is -0.316. The number of nitrogens with zero attached hydrogens (tertiary/aromatic N) is 4. The summed E-state index contributed by atoms with van der Waals surface area (Å²) in [7, 11) is 0. The van der Waals surface area contributed by atoms with Crippen LogP contribution in [0.2, 0.25) is 0 Å². The third-order valence-corrected chi connectivity index (χ3v) is 12.0. The average Bonchev–Trinajstić information content (AvgIpc) is 3.59. The van der Waals surface area contributed by atoms with Gasteiger partial charge in [0.15, 0.2) is 17.5 Å². The molecule has 0 amide bonds. The maximum absolute atomic E-state index is 15.3. The standard InChI is InChI=1S/C57H45FN4/c1-34-26-36(3)53(37(4)27-34)43-20-23-47-48-24-21-44(54-38(5)28-35(2)29-39(54)6)32-52(48)62(51(47)31-43)46-22-25-49(50(33-46)42-18-13-19-45(58)30-42)57-60-55(40-14-9-7-10-15-40)59-56(61-57)41-16-11-8-12-17-41/h7-33H,1-6H3. The molecule has 2 aromatic heterocycles. The summed E-state index contributed by atoms with van der Waals surface area (Å²) in [6.07, 6.45) is 0. The van der Waals surface area contributed by atoms with Crippen LogP contribution < -0.4 is 0 Å². The van der Waals surface area contributed by atoms with Crippen molar-refractivity contribution in [2.45, 2.75) is 41.5 Å². The first-order valence-corrected chi connectivity index (χ1v) is 21.1. The minimum absolute atomic E-state index is 0.316. The highest BCUT2D eigenvalue weighted by Gasteiger charge is 2.21. The Hall–Kier alpha value is -7.50. The van der Waals surface area contributed by atoms with Gasteiger partial charge in [-0.2, -0.15) is 0 Å². The highest BCUT2D eigenvalue weighted by atomic mass is 19.1. The summed E-state index contributed by atoms with van der Waals surface area (Å²) < 4.78 is 17.7. The van der Waals surface area contributed by atoms with Crippen molar-refractivity contribution in [2.75, 3.05) is 0 Å². The van der Waals surface area contributed by atoms with Crippen LogP contribution in [0.15, 0.2) is 164 Å². The molecule has 0 N–H and O–H groups in total. The average molecular weight is 805 g/mol. The van der Waals surface area contributed by atoms with E-state index in [-0.39, 0.29) is 5.82 Å². The molecule has 0 saturated carbocycles. The van der Waals surface area contributed by atoms with Crippen LogP contribution in [0.5, 0.6) is 0 Å². The van der Waals surface area contributed by atoms with E-state index in [0.717, 1.165) is 66.4 Å². The first-order valence-electron chi connectivity index (χ1n) is 21.1. The molecule has 2 heterocycles. The van der Waals surface area contributed by atoms with Gasteiger partial charge in [0.1, 0.15) is 5.82 Å². The molecule has 0 aliphatic carbocycles. The maximum Gasteiger partial charge on any atom is 0.164 e. The molecule has 0 spiro atoms. The number of fused-ring (bicyclic) bond motifs is 3. The van der Waals surface area contributed by atoms with E-state index in [1.54, 1.807) is 12.1 Å². The van der Waals surface area contributed by atoms with E-state index in [4.69, 9.17) is 15.0 Å². The predicted octanol–water partition coefficient (Wildman–Crippen LogP) is 15.0. The first-order chi connectivity index (χ1) is 30.1. The van der Waals surface area contributed by atoms with Gasteiger partial charge in [-0.3, -0.25) is 0 Å². The zero-order chi connectivity index (χ0) is 42.6. The highest BCUT2D eigenvalue weighted by Crippen LogP contribution is 2.42. The van der Waals surface area contributed by atoms with Crippen molar-refractivity contribution in [3.05, 3.63) is 203 Å². The van der Waals surface area contributed by atoms with E-state index in [1.807, 2.05) is 66.7 Å². The fourth-order valence-corrected chi connectivity index (χ4v) is 9.57. The second-order valence-electron chi connectivity index (χ2n) is 16.6. The summed E-state index contributed by atoms with van der Waals surface area (Å²) in [5, 5.41) is 2.31. The molecule has 0 bridgehead atoms. The number of hydrogen-bond donors (Lipinski definition) is 0. The van der Waals surface area contributed by atoms with E-state index in [1.165, 1.54) is 50.6 Å². The Labute approximate surface area is 362 Å². The molecule has 0 fully saturated rings. The molecule has 0 saturated heterocycles. The molecular weight excluding hydrogens is 760 g/mol. The smallest absolute Gasteiger partial charge is 0.164 e. The molecule has 8 aromatic carbocycles. The van der Waals surface area contributed by atoms with Crippen molar-refractivity contribution < 1.29 is 4.39 Å². The molecule has 0 unspecified atom stereocenters. The Kier molecular flexibility index (Phi) is 9.68.